The number of anilines is 1. The summed E-state index contributed by atoms with van der Waals surface area (Å²) in [4.78, 5) is 28.6. The van der Waals surface area contributed by atoms with Crippen molar-refractivity contribution in [3.05, 3.63) is 64.2 Å². The Hall–Kier alpha value is -2.79. The van der Waals surface area contributed by atoms with E-state index < -0.39 is 45.9 Å². The molecule has 1 atom stereocenters. The van der Waals surface area contributed by atoms with Crippen LogP contribution in [0.15, 0.2) is 42.5 Å². The van der Waals surface area contributed by atoms with Crippen LogP contribution in [0.1, 0.15) is 62.1 Å². The zero-order chi connectivity index (χ0) is 29.7. The Morgan fingerprint density at radius 1 is 1.10 bits per heavy atom. The number of hydrogen-bond acceptors (Lipinski definition) is 4. The van der Waals surface area contributed by atoms with Gasteiger partial charge in [0.05, 0.1) is 22.5 Å². The van der Waals surface area contributed by atoms with Gasteiger partial charge >= 0.3 is 6.18 Å². The second-order valence-electron chi connectivity index (χ2n) is 10.1. The molecular formula is C28H35ClF3N3O4S. The average molecular weight is 602 g/mol. The molecular weight excluding hydrogens is 567 g/mol. The first-order chi connectivity index (χ1) is 18.7. The number of carbonyl (C=O) groups is 2. The van der Waals surface area contributed by atoms with E-state index in [2.05, 4.69) is 5.32 Å². The van der Waals surface area contributed by atoms with Gasteiger partial charge in [-0.1, -0.05) is 62.1 Å². The third-order valence-corrected chi connectivity index (χ3v) is 8.61. The molecule has 0 unspecified atom stereocenters. The third-order valence-electron chi connectivity index (χ3n) is 7.16. The van der Waals surface area contributed by atoms with Crippen LogP contribution < -0.4 is 9.62 Å². The summed E-state index contributed by atoms with van der Waals surface area (Å²) in [5, 5.41) is 2.78. The lowest BCUT2D eigenvalue weighted by molar-refractivity contribution is -0.140. The van der Waals surface area contributed by atoms with E-state index in [1.807, 2.05) is 19.1 Å². The zero-order valence-corrected chi connectivity index (χ0v) is 24.4. The molecule has 0 heterocycles. The van der Waals surface area contributed by atoms with Crippen LogP contribution in [0.25, 0.3) is 0 Å². The van der Waals surface area contributed by atoms with E-state index in [-0.39, 0.29) is 29.9 Å². The maximum absolute atomic E-state index is 13.9. The van der Waals surface area contributed by atoms with E-state index in [9.17, 15) is 31.2 Å². The molecule has 0 aliphatic heterocycles. The number of carbonyl (C=O) groups excluding carboxylic acids is 2. The summed E-state index contributed by atoms with van der Waals surface area (Å²) in [7, 11) is -4.25. The first-order valence-corrected chi connectivity index (χ1v) is 15.4. The van der Waals surface area contributed by atoms with E-state index in [1.54, 1.807) is 19.1 Å². The van der Waals surface area contributed by atoms with Crippen molar-refractivity contribution in [2.45, 2.75) is 77.2 Å². The van der Waals surface area contributed by atoms with Crippen molar-refractivity contribution >= 4 is 39.1 Å². The number of sulfonamides is 1. The minimum atomic E-state index is -4.76. The fourth-order valence-electron chi connectivity index (χ4n) is 4.91. The van der Waals surface area contributed by atoms with E-state index >= 15 is 0 Å². The summed E-state index contributed by atoms with van der Waals surface area (Å²) in [6, 6.07) is 8.63. The summed E-state index contributed by atoms with van der Waals surface area (Å²) in [5.74, 6) is -1.09. The van der Waals surface area contributed by atoms with Gasteiger partial charge in [-0.05, 0) is 55.5 Å². The Labute approximate surface area is 238 Å². The van der Waals surface area contributed by atoms with E-state index in [1.165, 1.54) is 4.90 Å². The number of halogens is 4. The number of rotatable bonds is 10. The van der Waals surface area contributed by atoms with Gasteiger partial charge in [0.15, 0.2) is 0 Å². The Bertz CT molecular complexity index is 1310. The largest absolute Gasteiger partial charge is 0.416 e. The van der Waals surface area contributed by atoms with E-state index in [4.69, 9.17) is 11.6 Å². The molecule has 1 aliphatic carbocycles. The number of nitrogens with one attached hydrogen (secondary N) is 1. The Balaban J connectivity index is 2.00. The van der Waals surface area contributed by atoms with Crippen molar-refractivity contribution in [3.8, 4) is 0 Å². The molecule has 7 nitrogen and oxygen atoms in total. The topological polar surface area (TPSA) is 86.8 Å². The van der Waals surface area contributed by atoms with Crippen molar-refractivity contribution in [2.24, 2.45) is 0 Å². The van der Waals surface area contributed by atoms with Crippen LogP contribution in [0, 0.1) is 6.92 Å². The highest BCUT2D eigenvalue weighted by Crippen LogP contribution is 2.36. The summed E-state index contributed by atoms with van der Waals surface area (Å²) < 4.78 is 66.4. The standard InChI is InChI=1S/C28H35ClF3N3O4S/c1-4-24(27(37)33-22-12-6-5-7-13-22)34(17-20-11-9-8-10-19(20)2)26(36)18-35(40(3,38)39)25-16-21(28(30,31)32)14-15-23(25)29/h8-11,14-16,22,24H,4-7,12-13,17-18H2,1-3H3,(H,33,37)/t24-/m1/s1. The van der Waals surface area contributed by atoms with Crippen LogP contribution in [0.2, 0.25) is 5.02 Å². The van der Waals surface area contributed by atoms with Gasteiger partial charge < -0.3 is 10.2 Å². The molecule has 0 bridgehead atoms. The maximum atomic E-state index is 13.9. The van der Waals surface area contributed by atoms with Crippen molar-refractivity contribution in [3.63, 3.8) is 0 Å². The number of amides is 2. The highest BCUT2D eigenvalue weighted by molar-refractivity contribution is 7.92. The maximum Gasteiger partial charge on any atom is 0.416 e. The summed E-state index contributed by atoms with van der Waals surface area (Å²) in [6.07, 6.45) is 1.04. The predicted octanol–water partition coefficient (Wildman–Crippen LogP) is 5.69. The average Bonchev–Trinajstić information content (AvgIpc) is 2.88. The van der Waals surface area contributed by atoms with Crippen molar-refractivity contribution < 1.29 is 31.2 Å². The molecule has 40 heavy (non-hydrogen) atoms. The quantitative estimate of drug-likeness (QED) is 0.379. The zero-order valence-electron chi connectivity index (χ0n) is 22.8. The number of nitrogens with zero attached hydrogens (tertiary/aromatic N) is 2. The lowest BCUT2D eigenvalue weighted by Gasteiger charge is -2.34. The van der Waals surface area contributed by atoms with Gasteiger partial charge in [-0.3, -0.25) is 13.9 Å². The van der Waals surface area contributed by atoms with Crippen LogP contribution in [0.4, 0.5) is 18.9 Å². The molecule has 220 valence electrons. The fraction of sp³-hybridized carbons (Fsp3) is 0.500. The third kappa shape index (κ3) is 8.13. The number of benzene rings is 2. The fourth-order valence-corrected chi connectivity index (χ4v) is 6.03. The smallest absolute Gasteiger partial charge is 0.352 e. The molecule has 2 aromatic carbocycles. The normalized spacial score (nSPS) is 15.4. The molecule has 0 aromatic heterocycles. The minimum Gasteiger partial charge on any atom is -0.352 e. The van der Waals surface area contributed by atoms with Gasteiger partial charge in [-0.25, -0.2) is 8.42 Å². The predicted molar refractivity (Wildman–Crippen MR) is 149 cm³/mol. The number of aryl methyl sites for hydroxylation is 1. The molecule has 2 amide bonds. The molecule has 1 saturated carbocycles. The van der Waals surface area contributed by atoms with Crippen LogP contribution in [-0.4, -0.2) is 50.0 Å². The molecule has 0 spiro atoms. The second kappa shape index (κ2) is 13.2. The molecule has 0 saturated heterocycles. The lowest BCUT2D eigenvalue weighted by Crippen LogP contribution is -2.54. The molecule has 12 heteroatoms. The van der Waals surface area contributed by atoms with Gasteiger partial charge in [0.1, 0.15) is 12.6 Å². The monoisotopic (exact) mass is 601 g/mol. The second-order valence-corrected chi connectivity index (χ2v) is 12.5. The molecule has 2 aromatic rings. The lowest BCUT2D eigenvalue weighted by atomic mass is 9.95. The summed E-state index contributed by atoms with van der Waals surface area (Å²) in [6.45, 7) is 2.78. The minimum absolute atomic E-state index is 0.00995. The van der Waals surface area contributed by atoms with Gasteiger partial charge in [0.25, 0.3) is 0 Å². The SMILES string of the molecule is CC[C@H](C(=O)NC1CCCCC1)N(Cc1ccccc1C)C(=O)CN(c1cc(C(F)(F)F)ccc1Cl)S(C)(=O)=O. The molecule has 1 fully saturated rings. The molecule has 3 rings (SSSR count). The molecule has 1 N–H and O–H groups in total. The Kier molecular flexibility index (Phi) is 10.5. The van der Waals surface area contributed by atoms with Crippen LogP contribution in [0.5, 0.6) is 0 Å². The van der Waals surface area contributed by atoms with Gasteiger partial charge in [0.2, 0.25) is 21.8 Å². The van der Waals surface area contributed by atoms with Crippen molar-refractivity contribution in [2.75, 3.05) is 17.1 Å². The Morgan fingerprint density at radius 3 is 2.33 bits per heavy atom. The van der Waals surface area contributed by atoms with Gasteiger partial charge in [-0.2, -0.15) is 13.2 Å². The van der Waals surface area contributed by atoms with Crippen LogP contribution >= 0.6 is 11.6 Å². The first-order valence-electron chi connectivity index (χ1n) is 13.2. The first kappa shape index (κ1) is 31.7. The molecule has 1 aliphatic rings. The van der Waals surface area contributed by atoms with Crippen molar-refractivity contribution in [1.29, 1.82) is 0 Å². The van der Waals surface area contributed by atoms with Crippen molar-refractivity contribution in [1.82, 2.24) is 10.2 Å². The number of alkyl halides is 3. The van der Waals surface area contributed by atoms with Gasteiger partial charge in [-0.15, -0.1) is 0 Å². The summed E-state index contributed by atoms with van der Waals surface area (Å²) in [5.41, 5.74) is 0.0393. The van der Waals surface area contributed by atoms with Crippen LogP contribution in [0.3, 0.4) is 0 Å². The highest BCUT2D eigenvalue weighted by atomic mass is 35.5. The van der Waals surface area contributed by atoms with E-state index in [0.717, 1.165) is 61.6 Å². The molecule has 0 radical (unpaired) electrons. The van der Waals surface area contributed by atoms with E-state index in [0.29, 0.717) is 10.4 Å². The van der Waals surface area contributed by atoms with Gasteiger partial charge in [0, 0.05) is 12.6 Å². The highest BCUT2D eigenvalue weighted by Gasteiger charge is 2.35. The summed E-state index contributed by atoms with van der Waals surface area (Å²) >= 11 is 6.15. The van der Waals surface area contributed by atoms with Crippen LogP contribution in [-0.2, 0) is 32.3 Å². The Morgan fingerprint density at radius 2 is 1.75 bits per heavy atom. The number of hydrogen-bond donors (Lipinski definition) is 1.